The molecule has 12 aromatic rings. The highest BCUT2D eigenvalue weighted by Gasteiger charge is 2.37. The molecular weight excluding hydrogens is 891 g/mol. The maximum atomic E-state index is 6.31. The van der Waals surface area contributed by atoms with Crippen LogP contribution in [0.1, 0.15) is 49.9 Å². The summed E-state index contributed by atoms with van der Waals surface area (Å²) >= 11 is 0. The fourth-order valence-electron chi connectivity index (χ4n) is 11.5. The first-order valence-electron chi connectivity index (χ1n) is 25.0. The SMILES string of the molecule is CC1(C)c2ccccc2-c2ccc(-c3nc(-c4cccc(-c5cccc(-c6cc(-c7ccccc7)nc(-c7ccc8c(c7)oc7ccccc78)n6)c5)c4)nc(-c4ccc5c(c4)C(C)(C)c4ccccc4-5)n3)cc21. The standard InChI is InChI=1S/C67H47N5O/c1-66(2)54-25-11-8-22-48(54)50-31-28-45(36-56(50)66)64-70-63(71-65(72-64)46-29-32-51-49-23-9-12-26-55(49)67(3,4)57(51)37-46)44-21-15-19-42(35-44)41-18-14-20-43(34-41)59-39-58(40-16-6-5-7-17-40)68-62(69-59)47-30-33-53-52-24-10-13-27-60(52)73-61(53)38-47/h5-39H,1-4H3. The fraction of sp³-hybridized carbons (Fsp3) is 0.0896. The molecule has 0 radical (unpaired) electrons. The first kappa shape index (κ1) is 42.7. The Morgan fingerprint density at radius 2 is 0.699 bits per heavy atom. The molecule has 6 heteroatoms. The van der Waals surface area contributed by atoms with Crippen LogP contribution in [0.5, 0.6) is 0 Å². The van der Waals surface area contributed by atoms with Crippen LogP contribution in [-0.2, 0) is 10.8 Å². The molecule has 9 aromatic carbocycles. The Balaban J connectivity index is 0.875. The number of para-hydroxylation sites is 1. The van der Waals surface area contributed by atoms with Crippen LogP contribution in [0.15, 0.2) is 217 Å². The molecule has 14 rings (SSSR count). The molecule has 0 bridgehead atoms. The minimum atomic E-state index is -0.176. The second-order valence-electron chi connectivity index (χ2n) is 20.5. The lowest BCUT2D eigenvalue weighted by Gasteiger charge is -2.22. The van der Waals surface area contributed by atoms with Crippen LogP contribution >= 0.6 is 0 Å². The molecule has 0 atom stereocenters. The van der Waals surface area contributed by atoms with Crippen molar-refractivity contribution in [3.8, 4) is 101 Å². The molecule has 3 heterocycles. The molecule has 0 aliphatic heterocycles. The van der Waals surface area contributed by atoms with E-state index < -0.39 is 0 Å². The second-order valence-corrected chi connectivity index (χ2v) is 20.5. The van der Waals surface area contributed by atoms with E-state index in [0.29, 0.717) is 23.3 Å². The predicted molar refractivity (Wildman–Crippen MR) is 296 cm³/mol. The summed E-state index contributed by atoms with van der Waals surface area (Å²) in [6.45, 7) is 9.24. The van der Waals surface area contributed by atoms with Crippen molar-refractivity contribution in [2.75, 3.05) is 0 Å². The molecule has 0 fully saturated rings. The Morgan fingerprint density at radius 1 is 0.274 bits per heavy atom. The van der Waals surface area contributed by atoms with E-state index in [1.54, 1.807) is 0 Å². The zero-order chi connectivity index (χ0) is 49.0. The van der Waals surface area contributed by atoms with Crippen molar-refractivity contribution in [1.29, 1.82) is 0 Å². The number of furan rings is 1. The van der Waals surface area contributed by atoms with Gasteiger partial charge in [-0.2, -0.15) is 0 Å². The van der Waals surface area contributed by atoms with Crippen molar-refractivity contribution >= 4 is 21.9 Å². The average Bonchev–Trinajstić information content (AvgIpc) is 4.02. The van der Waals surface area contributed by atoms with Crippen molar-refractivity contribution in [2.24, 2.45) is 0 Å². The third-order valence-electron chi connectivity index (χ3n) is 15.4. The van der Waals surface area contributed by atoms with Crippen LogP contribution in [0.4, 0.5) is 0 Å². The molecule has 0 saturated heterocycles. The molecule has 6 nitrogen and oxygen atoms in total. The second kappa shape index (κ2) is 16.2. The van der Waals surface area contributed by atoms with Gasteiger partial charge >= 0.3 is 0 Å². The number of hydrogen-bond acceptors (Lipinski definition) is 6. The Bertz CT molecular complexity index is 4100. The predicted octanol–water partition coefficient (Wildman–Crippen LogP) is 16.8. The number of aromatic nitrogens is 5. The molecule has 0 unspecified atom stereocenters. The highest BCUT2D eigenvalue weighted by atomic mass is 16.3. The third-order valence-corrected chi connectivity index (χ3v) is 15.4. The van der Waals surface area contributed by atoms with E-state index in [1.165, 1.54) is 44.5 Å². The first-order chi connectivity index (χ1) is 35.6. The van der Waals surface area contributed by atoms with Crippen molar-refractivity contribution in [3.05, 3.63) is 235 Å². The fourth-order valence-corrected chi connectivity index (χ4v) is 11.5. The van der Waals surface area contributed by atoms with Gasteiger partial charge in [-0.25, -0.2) is 24.9 Å². The van der Waals surface area contributed by atoms with Crippen LogP contribution in [0.2, 0.25) is 0 Å². The van der Waals surface area contributed by atoms with E-state index in [0.717, 1.165) is 77.8 Å². The third kappa shape index (κ3) is 6.97. The molecule has 0 spiro atoms. The monoisotopic (exact) mass is 937 g/mol. The molecule has 3 aromatic heterocycles. The molecule has 2 aliphatic rings. The van der Waals surface area contributed by atoms with E-state index in [1.807, 2.05) is 36.4 Å². The van der Waals surface area contributed by atoms with Gasteiger partial charge in [0.15, 0.2) is 23.3 Å². The number of hydrogen-bond donors (Lipinski definition) is 0. The highest BCUT2D eigenvalue weighted by molar-refractivity contribution is 6.05. The summed E-state index contributed by atoms with van der Waals surface area (Å²) in [5, 5.41) is 2.15. The van der Waals surface area contributed by atoms with Gasteiger partial charge in [0.05, 0.1) is 11.4 Å². The van der Waals surface area contributed by atoms with E-state index in [9.17, 15) is 0 Å². The molecule has 2 aliphatic carbocycles. The lowest BCUT2D eigenvalue weighted by atomic mass is 9.82. The first-order valence-corrected chi connectivity index (χ1v) is 25.0. The van der Waals surface area contributed by atoms with Crippen LogP contribution in [0.3, 0.4) is 0 Å². The van der Waals surface area contributed by atoms with Gasteiger partial charge in [0.1, 0.15) is 11.2 Å². The van der Waals surface area contributed by atoms with Gasteiger partial charge in [-0.15, -0.1) is 0 Å². The van der Waals surface area contributed by atoms with Crippen LogP contribution in [0.25, 0.3) is 123 Å². The topological polar surface area (TPSA) is 77.6 Å². The van der Waals surface area contributed by atoms with E-state index in [4.69, 9.17) is 29.3 Å². The number of rotatable bonds is 7. The minimum Gasteiger partial charge on any atom is -0.456 e. The minimum absolute atomic E-state index is 0.176. The largest absolute Gasteiger partial charge is 0.456 e. The summed E-state index contributed by atoms with van der Waals surface area (Å²) in [7, 11) is 0. The maximum absolute atomic E-state index is 6.31. The summed E-state index contributed by atoms with van der Waals surface area (Å²) in [6, 6.07) is 74.8. The quantitative estimate of drug-likeness (QED) is 0.158. The molecule has 346 valence electrons. The summed E-state index contributed by atoms with van der Waals surface area (Å²) < 4.78 is 6.31. The number of fused-ring (bicyclic) bond motifs is 9. The van der Waals surface area contributed by atoms with Crippen molar-refractivity contribution < 1.29 is 4.42 Å². The Morgan fingerprint density at radius 3 is 1.33 bits per heavy atom. The van der Waals surface area contributed by atoms with E-state index in [-0.39, 0.29) is 10.8 Å². The van der Waals surface area contributed by atoms with Gasteiger partial charge in [-0.3, -0.25) is 0 Å². The molecule has 73 heavy (non-hydrogen) atoms. The molecule has 0 N–H and O–H groups in total. The highest BCUT2D eigenvalue weighted by Crippen LogP contribution is 2.51. The van der Waals surface area contributed by atoms with Crippen LogP contribution in [0, 0.1) is 0 Å². The van der Waals surface area contributed by atoms with E-state index in [2.05, 4.69) is 204 Å². The van der Waals surface area contributed by atoms with Gasteiger partial charge in [-0.05, 0) is 104 Å². The smallest absolute Gasteiger partial charge is 0.164 e. The number of nitrogens with zero attached hydrogens (tertiary/aromatic N) is 5. The Labute approximate surface area is 423 Å². The van der Waals surface area contributed by atoms with Gasteiger partial charge in [0.2, 0.25) is 0 Å². The molecule has 0 amide bonds. The van der Waals surface area contributed by atoms with Crippen molar-refractivity contribution in [2.45, 2.75) is 38.5 Å². The van der Waals surface area contributed by atoms with Crippen LogP contribution in [-0.4, -0.2) is 24.9 Å². The number of benzene rings is 9. The summed E-state index contributed by atoms with van der Waals surface area (Å²) in [4.78, 5) is 26.3. The Hall–Kier alpha value is -9.13. The van der Waals surface area contributed by atoms with Crippen LogP contribution < -0.4 is 0 Å². The van der Waals surface area contributed by atoms with Gasteiger partial charge in [-0.1, -0.05) is 191 Å². The van der Waals surface area contributed by atoms with E-state index >= 15 is 0 Å². The van der Waals surface area contributed by atoms with Gasteiger partial charge in [0.25, 0.3) is 0 Å². The lowest BCUT2D eigenvalue weighted by molar-refractivity contribution is 0.660. The molecular formula is C67H47N5O. The van der Waals surface area contributed by atoms with Crippen molar-refractivity contribution in [1.82, 2.24) is 24.9 Å². The zero-order valence-electron chi connectivity index (χ0n) is 40.9. The average molecular weight is 938 g/mol. The normalized spacial score (nSPS) is 13.7. The van der Waals surface area contributed by atoms with Crippen molar-refractivity contribution in [3.63, 3.8) is 0 Å². The summed E-state index contributed by atoms with van der Waals surface area (Å²) in [5.41, 5.74) is 21.0. The van der Waals surface area contributed by atoms with Gasteiger partial charge < -0.3 is 4.42 Å². The maximum Gasteiger partial charge on any atom is 0.164 e. The zero-order valence-corrected chi connectivity index (χ0v) is 40.9. The summed E-state index contributed by atoms with van der Waals surface area (Å²) in [6.07, 6.45) is 0. The molecule has 0 saturated carbocycles. The van der Waals surface area contributed by atoms with Gasteiger partial charge in [0, 0.05) is 55.0 Å². The summed E-state index contributed by atoms with van der Waals surface area (Å²) in [5.74, 6) is 2.51. The lowest BCUT2D eigenvalue weighted by Crippen LogP contribution is -2.15. The Kier molecular flexibility index (Phi) is 9.48.